The lowest BCUT2D eigenvalue weighted by Gasteiger charge is -2.09. The third kappa shape index (κ3) is 3.99. The van der Waals surface area contributed by atoms with Gasteiger partial charge in [0.1, 0.15) is 0 Å². The Morgan fingerprint density at radius 3 is 2.97 bits per heavy atom. The molecule has 4 heterocycles. The maximum atomic E-state index is 13.1. The number of hydrogen-bond acceptors (Lipinski definition) is 8. The van der Waals surface area contributed by atoms with Gasteiger partial charge in [0.2, 0.25) is 5.13 Å². The first-order chi connectivity index (χ1) is 14.6. The number of thioether (sulfide) groups is 1. The van der Waals surface area contributed by atoms with E-state index >= 15 is 0 Å². The summed E-state index contributed by atoms with van der Waals surface area (Å²) in [6.45, 7) is 4.13. The lowest BCUT2D eigenvalue weighted by atomic mass is 10.1. The molecule has 4 aromatic heterocycles. The quantitative estimate of drug-likeness (QED) is 0.298. The van der Waals surface area contributed by atoms with Gasteiger partial charge >= 0.3 is 0 Å². The van der Waals surface area contributed by atoms with Crippen molar-refractivity contribution >= 4 is 56.5 Å². The highest BCUT2D eigenvalue weighted by atomic mass is 32.2. The Kier molecular flexibility index (Phi) is 5.30. The van der Waals surface area contributed by atoms with E-state index < -0.39 is 0 Å². The van der Waals surface area contributed by atoms with Crippen LogP contribution >= 0.6 is 34.4 Å². The van der Waals surface area contributed by atoms with Crippen LogP contribution in [0.1, 0.15) is 59.6 Å². The molecule has 0 aromatic carbocycles. The van der Waals surface area contributed by atoms with Crippen molar-refractivity contribution in [1.82, 2.24) is 25.0 Å². The van der Waals surface area contributed by atoms with Gasteiger partial charge in [-0.25, -0.2) is 9.67 Å². The zero-order valence-electron chi connectivity index (χ0n) is 16.5. The molecule has 0 aliphatic heterocycles. The molecule has 1 aliphatic carbocycles. The molecule has 1 saturated carbocycles. The Labute approximate surface area is 185 Å². The highest BCUT2D eigenvalue weighted by Crippen LogP contribution is 2.40. The first-order valence-electron chi connectivity index (χ1n) is 9.76. The summed E-state index contributed by atoms with van der Waals surface area (Å²) in [5.41, 5.74) is 2.33. The topological polar surface area (TPSA) is 85.6 Å². The Morgan fingerprint density at radius 1 is 1.37 bits per heavy atom. The van der Waals surface area contributed by atoms with Gasteiger partial charge in [0.05, 0.1) is 17.1 Å². The molecular weight excluding hydrogens is 436 g/mol. The zero-order chi connectivity index (χ0) is 20.7. The molecule has 0 atom stereocenters. The molecule has 1 fully saturated rings. The Hall–Kier alpha value is -2.30. The molecule has 0 bridgehead atoms. The molecule has 0 spiro atoms. The molecule has 0 radical (unpaired) electrons. The SMILES string of the molecule is CC(C)n1ncc2c(C(=O)Nc3nnc(SCc4cccs4)s3)cc(C3CC3)nc21. The monoisotopic (exact) mass is 456 g/mol. The van der Waals surface area contributed by atoms with Crippen LogP contribution in [0.3, 0.4) is 0 Å². The van der Waals surface area contributed by atoms with E-state index in [4.69, 9.17) is 4.98 Å². The van der Waals surface area contributed by atoms with Crippen LogP contribution in [0.5, 0.6) is 0 Å². The van der Waals surface area contributed by atoms with E-state index in [0.29, 0.717) is 16.6 Å². The van der Waals surface area contributed by atoms with Crippen molar-refractivity contribution in [3.63, 3.8) is 0 Å². The van der Waals surface area contributed by atoms with Gasteiger partial charge in [-0.1, -0.05) is 29.2 Å². The second-order valence-corrected chi connectivity index (χ2v) is 10.7. The second-order valence-electron chi connectivity index (χ2n) is 7.48. The highest BCUT2D eigenvalue weighted by molar-refractivity contribution is 8.00. The molecule has 4 aromatic rings. The van der Waals surface area contributed by atoms with E-state index in [1.54, 1.807) is 29.3 Å². The molecule has 1 aliphatic rings. The van der Waals surface area contributed by atoms with Crippen LogP contribution in [0, 0.1) is 0 Å². The van der Waals surface area contributed by atoms with Crippen LogP contribution in [0.2, 0.25) is 0 Å². The predicted molar refractivity (Wildman–Crippen MR) is 122 cm³/mol. The summed E-state index contributed by atoms with van der Waals surface area (Å²) in [5.74, 6) is 1.10. The molecule has 154 valence electrons. The molecule has 7 nitrogen and oxygen atoms in total. The number of hydrogen-bond donors (Lipinski definition) is 1. The number of pyridine rings is 1. The molecule has 1 N–H and O–H groups in total. The Bertz CT molecular complexity index is 1190. The number of nitrogens with zero attached hydrogens (tertiary/aromatic N) is 5. The minimum Gasteiger partial charge on any atom is -0.296 e. The largest absolute Gasteiger partial charge is 0.296 e. The van der Waals surface area contributed by atoms with Gasteiger partial charge in [0.15, 0.2) is 9.99 Å². The van der Waals surface area contributed by atoms with E-state index in [9.17, 15) is 4.79 Å². The fourth-order valence-corrected chi connectivity index (χ4v) is 5.72. The van der Waals surface area contributed by atoms with E-state index in [-0.39, 0.29) is 11.9 Å². The number of amides is 1. The van der Waals surface area contributed by atoms with Crippen LogP contribution in [-0.4, -0.2) is 30.9 Å². The number of anilines is 1. The van der Waals surface area contributed by atoms with E-state index in [2.05, 4.69) is 45.9 Å². The molecule has 0 saturated heterocycles. The summed E-state index contributed by atoms with van der Waals surface area (Å²) in [7, 11) is 0. The van der Waals surface area contributed by atoms with Crippen LogP contribution < -0.4 is 5.32 Å². The minimum absolute atomic E-state index is 0.173. The van der Waals surface area contributed by atoms with Crippen molar-refractivity contribution < 1.29 is 4.79 Å². The highest BCUT2D eigenvalue weighted by Gasteiger charge is 2.28. The van der Waals surface area contributed by atoms with Crippen molar-refractivity contribution in [2.24, 2.45) is 0 Å². The van der Waals surface area contributed by atoms with Gasteiger partial charge in [-0.15, -0.1) is 21.5 Å². The van der Waals surface area contributed by atoms with Crippen molar-refractivity contribution in [2.75, 3.05) is 5.32 Å². The zero-order valence-corrected chi connectivity index (χ0v) is 19.0. The molecular formula is C20H20N6OS3. The standard InChI is InChI=1S/C20H20N6OS3/c1-11(2)26-17-15(9-21-26)14(8-16(22-17)12-5-6-12)18(27)23-19-24-25-20(30-19)29-10-13-4-3-7-28-13/h3-4,7-9,11-12H,5-6,10H2,1-2H3,(H,23,24,27). The normalized spacial score (nSPS) is 14.0. The smallest absolute Gasteiger partial charge is 0.258 e. The van der Waals surface area contributed by atoms with Gasteiger partial charge in [0, 0.05) is 28.3 Å². The van der Waals surface area contributed by atoms with E-state index in [1.165, 1.54) is 16.2 Å². The third-order valence-electron chi connectivity index (χ3n) is 4.86. The minimum atomic E-state index is -0.196. The summed E-state index contributed by atoms with van der Waals surface area (Å²) >= 11 is 4.74. The fourth-order valence-electron chi connectivity index (χ4n) is 3.20. The first-order valence-corrected chi connectivity index (χ1v) is 12.4. The van der Waals surface area contributed by atoms with Crippen molar-refractivity contribution in [3.05, 3.63) is 45.9 Å². The van der Waals surface area contributed by atoms with Gasteiger partial charge in [-0.2, -0.15) is 5.10 Å². The molecule has 30 heavy (non-hydrogen) atoms. The number of carbonyl (C=O) groups is 1. The van der Waals surface area contributed by atoms with Crippen molar-refractivity contribution in [3.8, 4) is 0 Å². The predicted octanol–water partition coefficient (Wildman–Crippen LogP) is 5.35. The average molecular weight is 457 g/mol. The molecule has 1 amide bonds. The van der Waals surface area contributed by atoms with Crippen LogP contribution in [0.15, 0.2) is 34.1 Å². The summed E-state index contributed by atoms with van der Waals surface area (Å²) in [5, 5.41) is 19.1. The van der Waals surface area contributed by atoms with Crippen LogP contribution in [0.4, 0.5) is 5.13 Å². The summed E-state index contributed by atoms with van der Waals surface area (Å²) in [4.78, 5) is 19.2. The van der Waals surface area contributed by atoms with Crippen molar-refractivity contribution in [1.29, 1.82) is 0 Å². The molecule has 10 heteroatoms. The van der Waals surface area contributed by atoms with Crippen LogP contribution in [-0.2, 0) is 5.75 Å². The van der Waals surface area contributed by atoms with Gasteiger partial charge in [-0.05, 0) is 44.2 Å². The summed E-state index contributed by atoms with van der Waals surface area (Å²) in [6.07, 6.45) is 3.98. The number of aromatic nitrogens is 5. The Balaban J connectivity index is 1.38. The second kappa shape index (κ2) is 8.09. The van der Waals surface area contributed by atoms with Crippen molar-refractivity contribution in [2.45, 2.75) is 48.7 Å². The fraction of sp³-hybridized carbons (Fsp3) is 0.350. The maximum absolute atomic E-state index is 13.1. The molecule has 5 rings (SSSR count). The summed E-state index contributed by atoms with van der Waals surface area (Å²) in [6, 6.07) is 6.23. The lowest BCUT2D eigenvalue weighted by Crippen LogP contribution is -2.13. The number of nitrogens with one attached hydrogen (secondary N) is 1. The third-order valence-corrected chi connectivity index (χ3v) is 7.94. The molecule has 0 unspecified atom stereocenters. The first kappa shape index (κ1) is 19.7. The average Bonchev–Trinajstić information content (AvgIpc) is 3.11. The number of carbonyl (C=O) groups excluding carboxylic acids is 1. The lowest BCUT2D eigenvalue weighted by molar-refractivity contribution is 0.102. The number of fused-ring (bicyclic) bond motifs is 1. The maximum Gasteiger partial charge on any atom is 0.258 e. The summed E-state index contributed by atoms with van der Waals surface area (Å²) < 4.78 is 2.72. The van der Waals surface area contributed by atoms with E-state index in [0.717, 1.165) is 39.7 Å². The van der Waals surface area contributed by atoms with Crippen LogP contribution in [0.25, 0.3) is 11.0 Å². The Morgan fingerprint density at radius 2 is 2.23 bits per heavy atom. The number of thiophene rings is 1. The van der Waals surface area contributed by atoms with Gasteiger partial charge in [0.25, 0.3) is 5.91 Å². The number of rotatable bonds is 7. The van der Waals surface area contributed by atoms with Gasteiger partial charge < -0.3 is 0 Å². The van der Waals surface area contributed by atoms with Gasteiger partial charge in [-0.3, -0.25) is 10.1 Å². The van der Waals surface area contributed by atoms with E-state index in [1.807, 2.05) is 16.8 Å².